The van der Waals surface area contributed by atoms with Crippen molar-refractivity contribution < 1.29 is 0 Å². The summed E-state index contributed by atoms with van der Waals surface area (Å²) in [6.07, 6.45) is 7.67. The number of nitrogens with zero attached hydrogens (tertiary/aromatic N) is 4. The number of hydrogen-bond donors (Lipinski definition) is 0. The van der Waals surface area contributed by atoms with Crippen LogP contribution in [0.5, 0.6) is 0 Å². The molecule has 2 unspecified atom stereocenters. The third kappa shape index (κ3) is 4.81. The molecule has 0 aliphatic heterocycles. The molecule has 2 atom stereocenters. The van der Waals surface area contributed by atoms with Gasteiger partial charge in [0.2, 0.25) is 0 Å². The van der Waals surface area contributed by atoms with E-state index in [0.29, 0.717) is 0 Å². The largest absolute Gasteiger partial charge is 0.309 e. The van der Waals surface area contributed by atoms with Gasteiger partial charge < -0.3 is 4.57 Å². The molecule has 3 heterocycles. The molecule has 2 aliphatic rings. The fourth-order valence-corrected chi connectivity index (χ4v) is 10.8. The van der Waals surface area contributed by atoms with Crippen molar-refractivity contribution in [3.8, 4) is 28.5 Å². The Hall–Kier alpha value is -4.87. The zero-order valence-electron chi connectivity index (χ0n) is 28.6. The van der Waals surface area contributed by atoms with Crippen LogP contribution >= 0.6 is 11.3 Å². The Kier molecular flexibility index (Phi) is 6.96. The van der Waals surface area contributed by atoms with E-state index >= 15 is 0 Å². The summed E-state index contributed by atoms with van der Waals surface area (Å²) in [7, 11) is 0. The summed E-state index contributed by atoms with van der Waals surface area (Å²) < 4.78 is 5.09. The Morgan fingerprint density at radius 2 is 1.36 bits per heavy atom. The van der Waals surface area contributed by atoms with Crippen LogP contribution in [-0.2, 0) is 5.41 Å². The first-order valence-electron chi connectivity index (χ1n) is 18.3. The van der Waals surface area contributed by atoms with Crippen LogP contribution in [0.2, 0.25) is 0 Å². The van der Waals surface area contributed by atoms with Crippen molar-refractivity contribution in [3.05, 3.63) is 121 Å². The molecule has 50 heavy (non-hydrogen) atoms. The van der Waals surface area contributed by atoms with Gasteiger partial charge in [0, 0.05) is 53.2 Å². The van der Waals surface area contributed by atoms with E-state index in [9.17, 15) is 0 Å². The van der Waals surface area contributed by atoms with Crippen LogP contribution in [0.1, 0.15) is 58.2 Å². The molecular weight excluding hydrogens is 629 g/mol. The van der Waals surface area contributed by atoms with Gasteiger partial charge >= 0.3 is 0 Å². The summed E-state index contributed by atoms with van der Waals surface area (Å²) in [5.41, 5.74) is 5.56. The van der Waals surface area contributed by atoms with Gasteiger partial charge in [-0.25, -0.2) is 15.0 Å². The first-order chi connectivity index (χ1) is 24.5. The van der Waals surface area contributed by atoms with E-state index in [1.54, 1.807) is 0 Å². The molecule has 4 nitrogen and oxygen atoms in total. The lowest BCUT2D eigenvalue weighted by molar-refractivity contribution is 0.0784. The maximum absolute atomic E-state index is 5.39. The van der Waals surface area contributed by atoms with Crippen LogP contribution in [0, 0.1) is 17.8 Å². The highest BCUT2D eigenvalue weighted by Gasteiger charge is 2.44. The van der Waals surface area contributed by atoms with Gasteiger partial charge in [0.25, 0.3) is 0 Å². The molecule has 5 heteroatoms. The number of benzene rings is 5. The average Bonchev–Trinajstić information content (AvgIpc) is 3.70. The van der Waals surface area contributed by atoms with E-state index < -0.39 is 0 Å². The van der Waals surface area contributed by atoms with Crippen molar-refractivity contribution in [3.63, 3.8) is 0 Å². The molecule has 5 aromatic carbocycles. The standard InChI is InChI=1S/C45H40N4S/c1-3-28-22-29-24-30(23-28)27-45(2,26-29)44-47-42(31-12-5-4-6-13-31)46-43(48-44)32-14-11-15-33(25-32)49-37-18-9-7-16-34(37)35-20-21-39-40(41(35)49)36-17-8-10-19-38(36)50-39/h4-21,25,28-30H,3,22-24,26-27H2,1-2H3. The molecule has 0 spiro atoms. The van der Waals surface area contributed by atoms with Crippen molar-refractivity contribution in [1.29, 1.82) is 0 Å². The SMILES string of the molecule is CCC1CC2CC(C1)CC(C)(c1nc(-c3ccccc3)nc(-c3cccc(-n4c5ccccc5c5ccc6sc7ccccc7c6c54)c3)n1)C2. The Labute approximate surface area is 296 Å². The van der Waals surface area contributed by atoms with Crippen LogP contribution < -0.4 is 0 Å². The maximum Gasteiger partial charge on any atom is 0.163 e. The maximum atomic E-state index is 5.39. The van der Waals surface area contributed by atoms with Crippen LogP contribution in [-0.4, -0.2) is 19.5 Å². The van der Waals surface area contributed by atoms with E-state index in [2.05, 4.69) is 134 Å². The topological polar surface area (TPSA) is 43.6 Å². The minimum atomic E-state index is -0.0659. The molecule has 8 aromatic rings. The zero-order chi connectivity index (χ0) is 33.4. The molecule has 0 radical (unpaired) electrons. The zero-order valence-corrected chi connectivity index (χ0v) is 29.5. The molecular formula is C45H40N4S. The van der Waals surface area contributed by atoms with Crippen molar-refractivity contribution in [2.24, 2.45) is 17.8 Å². The van der Waals surface area contributed by atoms with Crippen molar-refractivity contribution in [1.82, 2.24) is 19.5 Å². The number of aromatic nitrogens is 4. The van der Waals surface area contributed by atoms with Gasteiger partial charge in [-0.1, -0.05) is 105 Å². The third-order valence-electron chi connectivity index (χ3n) is 11.8. The summed E-state index contributed by atoms with van der Waals surface area (Å²) in [6, 6.07) is 41.5. The summed E-state index contributed by atoms with van der Waals surface area (Å²) in [4.78, 5) is 15.9. The minimum Gasteiger partial charge on any atom is -0.309 e. The Bertz CT molecular complexity index is 2550. The summed E-state index contributed by atoms with van der Waals surface area (Å²) >= 11 is 1.87. The van der Waals surface area contributed by atoms with Crippen molar-refractivity contribution in [2.45, 2.75) is 57.8 Å². The predicted molar refractivity (Wildman–Crippen MR) is 209 cm³/mol. The molecule has 246 valence electrons. The van der Waals surface area contributed by atoms with Crippen LogP contribution in [0.15, 0.2) is 115 Å². The number of thiophene rings is 1. The molecule has 3 aromatic heterocycles. The minimum absolute atomic E-state index is 0.0659. The number of fused-ring (bicyclic) bond motifs is 9. The first kappa shape index (κ1) is 30.0. The van der Waals surface area contributed by atoms with Crippen LogP contribution in [0.4, 0.5) is 0 Å². The molecule has 2 fully saturated rings. The fraction of sp³-hybridized carbons (Fsp3) is 0.267. The summed E-state index contributed by atoms with van der Waals surface area (Å²) in [5.74, 6) is 4.85. The second-order valence-electron chi connectivity index (χ2n) is 15.2. The van der Waals surface area contributed by atoms with Gasteiger partial charge in [-0.05, 0) is 80.2 Å². The van der Waals surface area contributed by atoms with Gasteiger partial charge in [0.15, 0.2) is 11.6 Å². The fourth-order valence-electron chi connectivity index (χ4n) is 9.72. The summed E-state index contributed by atoms with van der Waals surface area (Å²) in [5, 5.41) is 5.17. The number of para-hydroxylation sites is 1. The lowest BCUT2D eigenvalue weighted by Gasteiger charge is -2.47. The first-order valence-corrected chi connectivity index (χ1v) is 19.1. The number of rotatable bonds is 5. The molecule has 2 aliphatic carbocycles. The van der Waals surface area contributed by atoms with Gasteiger partial charge in [0.05, 0.1) is 11.0 Å². The van der Waals surface area contributed by atoms with Crippen LogP contribution in [0.3, 0.4) is 0 Å². The van der Waals surface area contributed by atoms with E-state index in [1.165, 1.54) is 67.7 Å². The number of hydrogen-bond acceptors (Lipinski definition) is 4. The lowest BCUT2D eigenvalue weighted by atomic mass is 9.58. The molecule has 0 N–H and O–H groups in total. The van der Waals surface area contributed by atoms with Gasteiger partial charge in [0.1, 0.15) is 5.82 Å². The van der Waals surface area contributed by atoms with Crippen molar-refractivity contribution in [2.75, 3.05) is 0 Å². The monoisotopic (exact) mass is 668 g/mol. The van der Waals surface area contributed by atoms with Gasteiger partial charge in [-0.3, -0.25) is 0 Å². The molecule has 2 bridgehead atoms. The highest BCUT2D eigenvalue weighted by Crippen LogP contribution is 2.51. The van der Waals surface area contributed by atoms with E-state index in [1.807, 2.05) is 11.3 Å². The average molecular weight is 669 g/mol. The molecule has 10 rings (SSSR count). The van der Waals surface area contributed by atoms with Crippen molar-refractivity contribution >= 4 is 53.3 Å². The molecule has 0 saturated heterocycles. The Morgan fingerprint density at radius 3 is 2.16 bits per heavy atom. The second-order valence-corrected chi connectivity index (χ2v) is 16.3. The Balaban J connectivity index is 1.17. The van der Waals surface area contributed by atoms with E-state index in [0.717, 1.165) is 64.9 Å². The predicted octanol–water partition coefficient (Wildman–Crippen LogP) is 12.2. The second kappa shape index (κ2) is 11.6. The van der Waals surface area contributed by atoms with E-state index in [4.69, 9.17) is 15.0 Å². The smallest absolute Gasteiger partial charge is 0.163 e. The van der Waals surface area contributed by atoms with Crippen LogP contribution in [0.25, 0.3) is 70.4 Å². The van der Waals surface area contributed by atoms with Gasteiger partial charge in [-0.2, -0.15) is 0 Å². The normalized spacial score (nSPS) is 22.2. The summed E-state index contributed by atoms with van der Waals surface area (Å²) in [6.45, 7) is 4.80. The molecule has 0 amide bonds. The highest BCUT2D eigenvalue weighted by atomic mass is 32.1. The lowest BCUT2D eigenvalue weighted by Crippen LogP contribution is -2.40. The molecule has 2 saturated carbocycles. The van der Waals surface area contributed by atoms with E-state index in [-0.39, 0.29) is 5.41 Å². The highest BCUT2D eigenvalue weighted by molar-refractivity contribution is 7.26. The quantitative estimate of drug-likeness (QED) is 0.183. The van der Waals surface area contributed by atoms with Gasteiger partial charge in [-0.15, -0.1) is 11.3 Å². The third-order valence-corrected chi connectivity index (χ3v) is 12.9. The Morgan fingerprint density at radius 1 is 0.660 bits per heavy atom.